The molecule has 3 heterocycles. The lowest BCUT2D eigenvalue weighted by atomic mass is 9.84. The van der Waals surface area contributed by atoms with Gasteiger partial charge in [-0.1, -0.05) is 13.3 Å². The van der Waals surface area contributed by atoms with Crippen LogP contribution in [0.15, 0.2) is 0 Å². The van der Waals surface area contributed by atoms with E-state index in [9.17, 15) is 4.79 Å². The zero-order valence-corrected chi connectivity index (χ0v) is 10.1. The summed E-state index contributed by atoms with van der Waals surface area (Å²) in [4.78, 5) is 14.3. The van der Waals surface area contributed by atoms with Gasteiger partial charge in [0.2, 0.25) is 5.91 Å². The fourth-order valence-corrected chi connectivity index (χ4v) is 2.86. The topological polar surface area (TPSA) is 58.4 Å². The molecule has 3 aliphatic rings. The molecule has 3 aliphatic heterocycles. The second kappa shape index (κ2) is 5.15. The molecular formula is C12H23N3O. The van der Waals surface area contributed by atoms with E-state index in [1.54, 1.807) is 0 Å². The Labute approximate surface area is 97.6 Å². The smallest absolute Gasteiger partial charge is 0.237 e. The third-order valence-electron chi connectivity index (χ3n) is 3.92. The van der Waals surface area contributed by atoms with Crippen molar-refractivity contribution in [3.05, 3.63) is 0 Å². The quantitative estimate of drug-likeness (QED) is 0.724. The van der Waals surface area contributed by atoms with Gasteiger partial charge in [-0.05, 0) is 38.3 Å². The van der Waals surface area contributed by atoms with Crippen LogP contribution in [-0.4, -0.2) is 42.5 Å². The molecule has 1 unspecified atom stereocenters. The molecule has 3 saturated heterocycles. The van der Waals surface area contributed by atoms with E-state index in [2.05, 4.69) is 17.1 Å². The summed E-state index contributed by atoms with van der Waals surface area (Å²) in [5.74, 6) is 0.725. The predicted molar refractivity (Wildman–Crippen MR) is 64.0 cm³/mol. The minimum absolute atomic E-state index is 0.0422. The fourth-order valence-electron chi connectivity index (χ4n) is 2.86. The van der Waals surface area contributed by atoms with Gasteiger partial charge >= 0.3 is 0 Å². The highest BCUT2D eigenvalue weighted by molar-refractivity contribution is 5.81. The van der Waals surface area contributed by atoms with E-state index in [1.807, 2.05) is 0 Å². The molecule has 0 aromatic carbocycles. The zero-order chi connectivity index (χ0) is 11.5. The molecule has 0 aromatic heterocycles. The molecule has 2 bridgehead atoms. The van der Waals surface area contributed by atoms with Gasteiger partial charge in [-0.3, -0.25) is 4.79 Å². The standard InChI is InChI=1S/C12H23N3O/c1-2-3-10(13)12(16)14-11-8-15-6-4-9(11)5-7-15/h9-11H,2-8,13H2,1H3,(H,14,16)/t10-,11?/m0/s1. The van der Waals surface area contributed by atoms with Gasteiger partial charge in [-0.25, -0.2) is 0 Å². The van der Waals surface area contributed by atoms with Gasteiger partial charge in [0.25, 0.3) is 0 Å². The number of carbonyl (C=O) groups is 1. The van der Waals surface area contributed by atoms with Crippen LogP contribution >= 0.6 is 0 Å². The number of carbonyl (C=O) groups excluding carboxylic acids is 1. The first-order valence-electron chi connectivity index (χ1n) is 6.49. The van der Waals surface area contributed by atoms with E-state index in [-0.39, 0.29) is 11.9 Å². The molecule has 0 spiro atoms. The first-order chi connectivity index (χ1) is 7.70. The number of piperidine rings is 3. The Balaban J connectivity index is 1.83. The number of nitrogens with zero attached hydrogens (tertiary/aromatic N) is 1. The largest absolute Gasteiger partial charge is 0.350 e. The van der Waals surface area contributed by atoms with Crippen LogP contribution in [0, 0.1) is 5.92 Å². The normalized spacial score (nSPS) is 34.8. The second-order valence-electron chi connectivity index (χ2n) is 5.15. The summed E-state index contributed by atoms with van der Waals surface area (Å²) in [6, 6.07) is 0.0263. The maximum atomic E-state index is 11.8. The minimum atomic E-state index is -0.319. The molecule has 0 saturated carbocycles. The Kier molecular flexibility index (Phi) is 3.82. The molecule has 4 nitrogen and oxygen atoms in total. The van der Waals surface area contributed by atoms with Crippen LogP contribution in [0.2, 0.25) is 0 Å². The van der Waals surface area contributed by atoms with E-state index in [4.69, 9.17) is 5.73 Å². The monoisotopic (exact) mass is 225 g/mol. The third kappa shape index (κ3) is 2.55. The first-order valence-corrected chi connectivity index (χ1v) is 6.49. The molecule has 1 amide bonds. The molecule has 16 heavy (non-hydrogen) atoms. The number of nitrogens with two attached hydrogens (primary N) is 1. The van der Waals surface area contributed by atoms with E-state index >= 15 is 0 Å². The van der Waals surface area contributed by atoms with Gasteiger partial charge in [0, 0.05) is 12.6 Å². The van der Waals surface area contributed by atoms with E-state index in [0.29, 0.717) is 12.0 Å². The van der Waals surface area contributed by atoms with E-state index < -0.39 is 0 Å². The van der Waals surface area contributed by atoms with Crippen molar-refractivity contribution in [1.82, 2.24) is 10.2 Å². The Hall–Kier alpha value is -0.610. The molecule has 4 heteroatoms. The Morgan fingerprint density at radius 3 is 2.69 bits per heavy atom. The molecule has 92 valence electrons. The summed E-state index contributed by atoms with van der Waals surface area (Å²) >= 11 is 0. The van der Waals surface area contributed by atoms with Crippen LogP contribution < -0.4 is 11.1 Å². The first kappa shape index (κ1) is 11.9. The molecule has 0 aliphatic carbocycles. The average Bonchev–Trinajstić information content (AvgIpc) is 2.31. The molecule has 0 radical (unpaired) electrons. The fraction of sp³-hybridized carbons (Fsp3) is 0.917. The van der Waals surface area contributed by atoms with Crippen LogP contribution in [0.1, 0.15) is 32.6 Å². The number of nitrogens with one attached hydrogen (secondary N) is 1. The summed E-state index contributed by atoms with van der Waals surface area (Å²) in [5, 5.41) is 3.13. The minimum Gasteiger partial charge on any atom is -0.350 e. The van der Waals surface area contributed by atoms with Crippen LogP contribution in [-0.2, 0) is 4.79 Å². The van der Waals surface area contributed by atoms with Crippen molar-refractivity contribution >= 4 is 5.91 Å². The highest BCUT2D eigenvalue weighted by atomic mass is 16.2. The average molecular weight is 225 g/mol. The van der Waals surface area contributed by atoms with Gasteiger partial charge < -0.3 is 16.0 Å². The van der Waals surface area contributed by atoms with Gasteiger partial charge in [0.1, 0.15) is 0 Å². The SMILES string of the molecule is CCC[C@H](N)C(=O)NC1CN2CCC1CC2. The van der Waals surface area contributed by atoms with Crippen molar-refractivity contribution in [2.45, 2.75) is 44.7 Å². The second-order valence-corrected chi connectivity index (χ2v) is 5.15. The highest BCUT2D eigenvalue weighted by Crippen LogP contribution is 2.27. The molecule has 2 atom stereocenters. The molecule has 3 rings (SSSR count). The third-order valence-corrected chi connectivity index (χ3v) is 3.92. The number of fused-ring (bicyclic) bond motifs is 3. The van der Waals surface area contributed by atoms with Crippen LogP contribution in [0.5, 0.6) is 0 Å². The summed E-state index contributed by atoms with van der Waals surface area (Å²) in [6.07, 6.45) is 4.21. The van der Waals surface area contributed by atoms with Crippen molar-refractivity contribution in [3.8, 4) is 0 Å². The van der Waals surface area contributed by atoms with Crippen molar-refractivity contribution in [2.24, 2.45) is 11.7 Å². The maximum Gasteiger partial charge on any atom is 0.237 e. The predicted octanol–water partition coefficient (Wildman–Crippen LogP) is 0.324. The Morgan fingerprint density at radius 2 is 2.19 bits per heavy atom. The van der Waals surface area contributed by atoms with E-state index in [0.717, 1.165) is 19.4 Å². The summed E-state index contributed by atoms with van der Waals surface area (Å²) < 4.78 is 0. The molecular weight excluding hydrogens is 202 g/mol. The molecule has 3 fully saturated rings. The number of amides is 1. The van der Waals surface area contributed by atoms with Crippen molar-refractivity contribution in [3.63, 3.8) is 0 Å². The van der Waals surface area contributed by atoms with Crippen molar-refractivity contribution in [2.75, 3.05) is 19.6 Å². The van der Waals surface area contributed by atoms with Gasteiger partial charge in [0.05, 0.1) is 6.04 Å². The lowest BCUT2D eigenvalue weighted by molar-refractivity contribution is -0.124. The Bertz CT molecular complexity index is 249. The van der Waals surface area contributed by atoms with Crippen LogP contribution in [0.25, 0.3) is 0 Å². The van der Waals surface area contributed by atoms with Crippen LogP contribution in [0.4, 0.5) is 0 Å². The summed E-state index contributed by atoms with van der Waals surface area (Å²) in [7, 11) is 0. The van der Waals surface area contributed by atoms with Gasteiger partial charge in [-0.15, -0.1) is 0 Å². The highest BCUT2D eigenvalue weighted by Gasteiger charge is 2.35. The van der Waals surface area contributed by atoms with Crippen molar-refractivity contribution in [1.29, 1.82) is 0 Å². The number of rotatable bonds is 4. The lowest BCUT2D eigenvalue weighted by Gasteiger charge is -2.45. The van der Waals surface area contributed by atoms with Crippen LogP contribution in [0.3, 0.4) is 0 Å². The summed E-state index contributed by atoms with van der Waals surface area (Å²) in [6.45, 7) is 5.49. The van der Waals surface area contributed by atoms with Gasteiger partial charge in [0.15, 0.2) is 0 Å². The molecule has 3 N–H and O–H groups in total. The maximum absolute atomic E-state index is 11.8. The Morgan fingerprint density at radius 1 is 1.50 bits per heavy atom. The van der Waals surface area contributed by atoms with E-state index in [1.165, 1.54) is 25.9 Å². The number of hydrogen-bond acceptors (Lipinski definition) is 3. The number of hydrogen-bond donors (Lipinski definition) is 2. The van der Waals surface area contributed by atoms with Crippen molar-refractivity contribution < 1.29 is 4.79 Å². The lowest BCUT2D eigenvalue weighted by Crippen LogP contribution is -2.59. The molecule has 0 aromatic rings. The zero-order valence-electron chi connectivity index (χ0n) is 10.1. The van der Waals surface area contributed by atoms with Gasteiger partial charge in [-0.2, -0.15) is 0 Å². The summed E-state index contributed by atoms with van der Waals surface area (Å²) in [5.41, 5.74) is 5.82.